The van der Waals surface area contributed by atoms with Crippen molar-refractivity contribution in [1.29, 1.82) is 0 Å². The lowest BCUT2D eigenvalue weighted by atomic mass is 10.1. The average Bonchev–Trinajstić information content (AvgIpc) is 3.24. The molecule has 8 nitrogen and oxygen atoms in total. The smallest absolute Gasteiger partial charge is 0.311 e. The predicted octanol–water partition coefficient (Wildman–Crippen LogP) is 6.00. The summed E-state index contributed by atoms with van der Waals surface area (Å²) in [6.45, 7) is 2.00. The molecule has 0 atom stereocenters. The Morgan fingerprint density at radius 3 is 2.74 bits per heavy atom. The minimum Gasteiger partial charge on any atom is -0.487 e. The zero-order chi connectivity index (χ0) is 24.2. The Morgan fingerprint density at radius 1 is 1.21 bits per heavy atom. The van der Waals surface area contributed by atoms with Crippen LogP contribution < -0.4 is 15.4 Å². The molecule has 34 heavy (non-hydrogen) atoms. The molecule has 0 aliphatic heterocycles. The van der Waals surface area contributed by atoms with Crippen LogP contribution in [0.3, 0.4) is 0 Å². The first-order valence-corrected chi connectivity index (χ1v) is 12.3. The first-order valence-electron chi connectivity index (χ1n) is 10.0. The number of thiocarbonyl (C=S) groups is 1. The fraction of sp³-hybridized carbons (Fsp3) is 0.0870. The molecule has 0 saturated carbocycles. The highest BCUT2D eigenvalue weighted by Crippen LogP contribution is 2.35. The van der Waals surface area contributed by atoms with E-state index in [0.29, 0.717) is 5.69 Å². The number of nitrogens with zero attached hydrogens (tertiary/aromatic N) is 2. The third-order valence-corrected chi connectivity index (χ3v) is 6.64. The van der Waals surface area contributed by atoms with Gasteiger partial charge in [-0.1, -0.05) is 12.1 Å². The first kappa shape index (κ1) is 24.0. The molecular formula is C23H17IN4O4S2. The lowest BCUT2D eigenvalue weighted by Crippen LogP contribution is -2.34. The van der Waals surface area contributed by atoms with Crippen molar-refractivity contribution in [3.8, 4) is 16.3 Å². The monoisotopic (exact) mass is 604 g/mol. The van der Waals surface area contributed by atoms with Gasteiger partial charge in [0, 0.05) is 20.8 Å². The summed E-state index contributed by atoms with van der Waals surface area (Å²) >= 11 is 9.14. The number of anilines is 1. The van der Waals surface area contributed by atoms with Crippen molar-refractivity contribution in [3.05, 3.63) is 79.9 Å². The summed E-state index contributed by atoms with van der Waals surface area (Å²) in [4.78, 5) is 28.2. The SMILES string of the molecule is CCOc1ccc(C(=O)NC(=S)Nc2ccc(I)cc2-c2nc3ccccc3s2)cc1[N+](=O)[O-]. The van der Waals surface area contributed by atoms with Crippen LogP contribution in [0.1, 0.15) is 17.3 Å². The largest absolute Gasteiger partial charge is 0.487 e. The van der Waals surface area contributed by atoms with Gasteiger partial charge in [0.15, 0.2) is 10.9 Å². The standard InChI is InChI=1S/C23H17IN4O4S2/c1-2-32-19-10-7-13(11-18(19)28(30)31)21(29)27-23(33)26-16-9-8-14(24)12-15(16)22-25-17-5-3-4-6-20(17)34-22/h3-12H,2H2,1H3,(H2,26,27,29,33). The van der Waals surface area contributed by atoms with E-state index in [1.807, 2.05) is 42.5 Å². The van der Waals surface area contributed by atoms with Crippen molar-refractivity contribution in [2.24, 2.45) is 0 Å². The van der Waals surface area contributed by atoms with Crippen molar-refractivity contribution in [1.82, 2.24) is 10.3 Å². The normalized spacial score (nSPS) is 10.6. The molecule has 1 amide bonds. The van der Waals surface area contributed by atoms with Gasteiger partial charge in [-0.05, 0) is 84.2 Å². The summed E-state index contributed by atoms with van der Waals surface area (Å²) < 4.78 is 7.35. The molecule has 0 saturated heterocycles. The molecule has 0 aliphatic rings. The van der Waals surface area contributed by atoms with E-state index < -0.39 is 10.8 Å². The molecule has 0 spiro atoms. The fourth-order valence-corrected chi connectivity index (χ4v) is 4.89. The Labute approximate surface area is 217 Å². The van der Waals surface area contributed by atoms with E-state index in [1.54, 1.807) is 18.3 Å². The number of benzene rings is 3. The number of para-hydroxylation sites is 1. The van der Waals surface area contributed by atoms with Gasteiger partial charge in [0.2, 0.25) is 0 Å². The van der Waals surface area contributed by atoms with E-state index in [9.17, 15) is 14.9 Å². The quantitative estimate of drug-likeness (QED) is 0.120. The number of hydrogen-bond donors (Lipinski definition) is 2. The fourth-order valence-electron chi connectivity index (χ4n) is 3.20. The molecule has 2 N–H and O–H groups in total. The molecule has 0 fully saturated rings. The van der Waals surface area contributed by atoms with E-state index in [1.165, 1.54) is 18.2 Å². The molecule has 0 bridgehead atoms. The summed E-state index contributed by atoms with van der Waals surface area (Å²) in [5, 5.41) is 17.9. The number of thiazole rings is 1. The topological polar surface area (TPSA) is 106 Å². The first-order chi connectivity index (χ1) is 16.4. The number of rotatable bonds is 6. The van der Waals surface area contributed by atoms with E-state index in [-0.39, 0.29) is 28.7 Å². The number of aromatic nitrogens is 1. The highest BCUT2D eigenvalue weighted by Gasteiger charge is 2.20. The highest BCUT2D eigenvalue weighted by atomic mass is 127. The van der Waals surface area contributed by atoms with Crippen LogP contribution in [0.5, 0.6) is 5.75 Å². The number of amides is 1. The van der Waals surface area contributed by atoms with Gasteiger partial charge in [-0.25, -0.2) is 4.98 Å². The maximum absolute atomic E-state index is 12.7. The number of halogens is 1. The summed E-state index contributed by atoms with van der Waals surface area (Å²) in [6.07, 6.45) is 0. The molecule has 3 aromatic carbocycles. The Bertz CT molecular complexity index is 1390. The van der Waals surface area contributed by atoms with E-state index in [0.717, 1.165) is 24.4 Å². The summed E-state index contributed by atoms with van der Waals surface area (Å²) in [5.74, 6) is -0.472. The second kappa shape index (κ2) is 10.4. The van der Waals surface area contributed by atoms with Crippen LogP contribution in [0.15, 0.2) is 60.7 Å². The number of hydrogen-bond acceptors (Lipinski definition) is 7. The van der Waals surface area contributed by atoms with Crippen LogP contribution in [-0.4, -0.2) is 27.5 Å². The summed E-state index contributed by atoms with van der Waals surface area (Å²) in [6, 6.07) is 17.7. The third kappa shape index (κ3) is 5.32. The van der Waals surface area contributed by atoms with Crippen LogP contribution in [0.25, 0.3) is 20.8 Å². The van der Waals surface area contributed by atoms with Crippen LogP contribution in [-0.2, 0) is 0 Å². The molecule has 0 unspecified atom stereocenters. The Balaban J connectivity index is 1.55. The van der Waals surface area contributed by atoms with Gasteiger partial charge in [-0.2, -0.15) is 0 Å². The summed E-state index contributed by atoms with van der Waals surface area (Å²) in [5.41, 5.74) is 2.24. The number of nitrogens with one attached hydrogen (secondary N) is 2. The van der Waals surface area contributed by atoms with E-state index >= 15 is 0 Å². The van der Waals surface area contributed by atoms with Gasteiger partial charge in [-0.3, -0.25) is 20.2 Å². The van der Waals surface area contributed by atoms with Gasteiger partial charge in [0.1, 0.15) is 5.01 Å². The van der Waals surface area contributed by atoms with Crippen LogP contribution in [0, 0.1) is 13.7 Å². The number of carbonyl (C=O) groups excluding carboxylic acids is 1. The van der Waals surface area contributed by atoms with Crippen molar-refractivity contribution >= 4 is 78.8 Å². The zero-order valence-electron chi connectivity index (χ0n) is 17.7. The molecule has 4 rings (SSSR count). The van der Waals surface area contributed by atoms with Gasteiger partial charge in [0.05, 0.1) is 27.4 Å². The van der Waals surface area contributed by atoms with Crippen LogP contribution in [0.4, 0.5) is 11.4 Å². The molecular weight excluding hydrogens is 587 g/mol. The van der Waals surface area contributed by atoms with E-state index in [2.05, 4.69) is 33.2 Å². The Kier molecular flexibility index (Phi) is 7.34. The third-order valence-electron chi connectivity index (χ3n) is 4.70. The zero-order valence-corrected chi connectivity index (χ0v) is 21.5. The maximum atomic E-state index is 12.7. The highest BCUT2D eigenvalue weighted by molar-refractivity contribution is 14.1. The number of ether oxygens (including phenoxy) is 1. The molecule has 1 heterocycles. The second-order valence-electron chi connectivity index (χ2n) is 6.96. The number of fused-ring (bicyclic) bond motifs is 1. The minimum absolute atomic E-state index is 0.0603. The molecule has 172 valence electrons. The number of nitro benzene ring substituents is 1. The number of carbonyl (C=O) groups is 1. The van der Waals surface area contributed by atoms with Gasteiger partial charge < -0.3 is 10.1 Å². The molecule has 4 aromatic rings. The van der Waals surface area contributed by atoms with Crippen LogP contribution >= 0.6 is 46.1 Å². The molecule has 0 radical (unpaired) electrons. The van der Waals surface area contributed by atoms with Crippen molar-refractivity contribution < 1.29 is 14.5 Å². The van der Waals surface area contributed by atoms with Crippen molar-refractivity contribution in [3.63, 3.8) is 0 Å². The molecule has 0 aliphatic carbocycles. The van der Waals surface area contributed by atoms with Crippen molar-refractivity contribution in [2.75, 3.05) is 11.9 Å². The van der Waals surface area contributed by atoms with Crippen LogP contribution in [0.2, 0.25) is 0 Å². The van der Waals surface area contributed by atoms with Crippen molar-refractivity contribution in [2.45, 2.75) is 6.92 Å². The molecule has 1 aromatic heterocycles. The molecule has 11 heteroatoms. The van der Waals surface area contributed by atoms with Gasteiger partial charge in [-0.15, -0.1) is 11.3 Å². The lowest BCUT2D eigenvalue weighted by Gasteiger charge is -2.13. The maximum Gasteiger partial charge on any atom is 0.311 e. The average molecular weight is 604 g/mol. The van der Waals surface area contributed by atoms with E-state index in [4.69, 9.17) is 21.9 Å². The Morgan fingerprint density at radius 2 is 2.00 bits per heavy atom. The number of nitro groups is 1. The van der Waals surface area contributed by atoms with Gasteiger partial charge >= 0.3 is 5.69 Å². The Hall–Kier alpha value is -3.16. The summed E-state index contributed by atoms with van der Waals surface area (Å²) in [7, 11) is 0. The minimum atomic E-state index is -0.589. The lowest BCUT2D eigenvalue weighted by molar-refractivity contribution is -0.385. The van der Waals surface area contributed by atoms with Gasteiger partial charge in [0.25, 0.3) is 5.91 Å². The second-order valence-corrected chi connectivity index (χ2v) is 9.64. The predicted molar refractivity (Wildman–Crippen MR) is 146 cm³/mol.